The smallest absolute Gasteiger partial charge is 0.326 e. The molecule has 4 amide bonds. The minimum Gasteiger partial charge on any atom is -0.493 e. The number of carboxylic acid groups (broad SMARTS) is 2. The van der Waals surface area contributed by atoms with Crippen molar-refractivity contribution >= 4 is 46.8 Å². The molecule has 0 saturated heterocycles. The van der Waals surface area contributed by atoms with Crippen molar-refractivity contribution in [2.45, 2.75) is 58.2 Å². The van der Waals surface area contributed by atoms with Crippen LogP contribution in [0.25, 0.3) is 22.1 Å². The molecule has 15 nitrogen and oxygen atoms in total. The molecule has 308 valence electrons. The Kier molecular flexibility index (Phi) is 15.3. The van der Waals surface area contributed by atoms with Gasteiger partial charge in [0.25, 0.3) is 11.8 Å². The zero-order valence-corrected chi connectivity index (χ0v) is 32.6. The van der Waals surface area contributed by atoms with Gasteiger partial charge in [-0.25, -0.2) is 9.86 Å². The predicted octanol–water partition coefficient (Wildman–Crippen LogP) is 5.58. The van der Waals surface area contributed by atoms with Gasteiger partial charge in [-0.2, -0.15) is 0 Å². The van der Waals surface area contributed by atoms with Crippen LogP contribution >= 0.6 is 0 Å². The molecule has 0 spiro atoms. The Morgan fingerprint density at radius 2 is 1.56 bits per heavy atom. The lowest BCUT2D eigenvalue weighted by Crippen LogP contribution is -2.48. The van der Waals surface area contributed by atoms with Crippen LogP contribution in [-0.4, -0.2) is 76.7 Å². The highest BCUT2D eigenvalue weighted by Crippen LogP contribution is 2.30. The van der Waals surface area contributed by atoms with Crippen molar-refractivity contribution in [1.29, 1.82) is 0 Å². The number of fused-ring (bicyclic) bond motifs is 1. The molecule has 15 heteroatoms. The topological polar surface area (TPSA) is 214 Å². The molecule has 5 aromatic rings. The van der Waals surface area contributed by atoms with Crippen molar-refractivity contribution in [3.8, 4) is 17.1 Å². The molecular weight excluding hydrogens is 761 g/mol. The van der Waals surface area contributed by atoms with Crippen molar-refractivity contribution in [1.82, 2.24) is 21.0 Å². The average Bonchev–Trinajstić information content (AvgIpc) is 3.74. The summed E-state index contributed by atoms with van der Waals surface area (Å²) in [5.74, 6) is -5.25. The van der Waals surface area contributed by atoms with E-state index in [1.807, 2.05) is 73.7 Å². The number of nitrogens with zero attached hydrogens (tertiary/aromatic N) is 1. The standard InChI is InChI=1S/C44H46N4O11/c1-3-36(48(27-49)58-25-29-10-6-5-7-11-29)33(18-15-28-14-16-30-12-8-9-13-31(30)22-28)41(52)45-26-46-43(54)38-21-20-37(59-38)32-17-19-34(39(23-32)57-4-2)42(53)47-35(44(55)56)24-40(50)51/h5-14,16-17,19-23,27,33,35-36H,3-4,15,18,24-26H2,1-2H3,(H,45,52)(H,46,54)(H,47,53)(H,50,51)(H,55,56)/t33-,35?,36-/m1/s1. The number of aliphatic carboxylic acids is 2. The Labute approximate surface area is 340 Å². The third-order valence-electron chi connectivity index (χ3n) is 9.57. The van der Waals surface area contributed by atoms with E-state index in [1.54, 1.807) is 6.92 Å². The Morgan fingerprint density at radius 3 is 2.25 bits per heavy atom. The number of hydrogen-bond acceptors (Lipinski definition) is 9. The molecule has 0 radical (unpaired) electrons. The molecule has 0 fully saturated rings. The number of hydroxylamine groups is 2. The van der Waals surface area contributed by atoms with Gasteiger partial charge in [-0.05, 0) is 72.4 Å². The molecule has 0 saturated carbocycles. The number of rotatable bonds is 22. The SMILES string of the molecule is CCOc1cc(-c2ccc(C(=O)NCNC(=O)[C@H](CCc3ccc4ccccc4c3)[C@@H](CC)N(C=O)OCc3ccccc3)o2)ccc1C(=O)NC(CC(=O)O)C(=O)O. The maximum Gasteiger partial charge on any atom is 0.326 e. The normalized spacial score (nSPS) is 12.4. The van der Waals surface area contributed by atoms with Crippen LogP contribution in [-0.2, 0) is 37.0 Å². The molecular formula is C44H46N4O11. The Balaban J connectivity index is 1.26. The number of furan rings is 1. The second-order valence-electron chi connectivity index (χ2n) is 13.5. The minimum atomic E-state index is -1.66. The second-order valence-corrected chi connectivity index (χ2v) is 13.5. The van der Waals surface area contributed by atoms with Gasteiger partial charge in [0, 0.05) is 5.56 Å². The average molecular weight is 807 g/mol. The van der Waals surface area contributed by atoms with Crippen LogP contribution in [0.5, 0.6) is 5.75 Å². The van der Waals surface area contributed by atoms with Gasteiger partial charge in [0.15, 0.2) is 5.76 Å². The van der Waals surface area contributed by atoms with Gasteiger partial charge < -0.3 is 35.3 Å². The van der Waals surface area contributed by atoms with Crippen molar-refractivity contribution in [2.75, 3.05) is 13.3 Å². The van der Waals surface area contributed by atoms with Gasteiger partial charge in [-0.15, -0.1) is 0 Å². The van der Waals surface area contributed by atoms with Crippen LogP contribution in [0, 0.1) is 5.92 Å². The maximum atomic E-state index is 13.9. The summed E-state index contributed by atoms with van der Waals surface area (Å²) in [7, 11) is 0. The van der Waals surface area contributed by atoms with Crippen LogP contribution in [0.1, 0.15) is 65.1 Å². The molecule has 3 atom stereocenters. The predicted molar refractivity (Wildman–Crippen MR) is 216 cm³/mol. The van der Waals surface area contributed by atoms with E-state index in [0.717, 1.165) is 21.9 Å². The lowest BCUT2D eigenvalue weighted by Gasteiger charge is -2.32. The zero-order valence-electron chi connectivity index (χ0n) is 32.6. The maximum absolute atomic E-state index is 13.9. The van der Waals surface area contributed by atoms with Crippen LogP contribution in [0.2, 0.25) is 0 Å². The highest BCUT2D eigenvalue weighted by molar-refractivity contribution is 6.00. The van der Waals surface area contributed by atoms with E-state index >= 15 is 0 Å². The fraction of sp³-hybridized carbons (Fsp3) is 0.273. The number of hydrogen-bond donors (Lipinski definition) is 5. The number of nitrogens with one attached hydrogen (secondary N) is 3. The van der Waals surface area contributed by atoms with E-state index in [4.69, 9.17) is 19.1 Å². The number of carbonyl (C=O) groups excluding carboxylic acids is 4. The highest BCUT2D eigenvalue weighted by atomic mass is 16.7. The molecule has 0 bridgehead atoms. The summed E-state index contributed by atoms with van der Waals surface area (Å²) in [4.78, 5) is 80.9. The second kappa shape index (κ2) is 21.0. The Bertz CT molecular complexity index is 2260. The molecule has 59 heavy (non-hydrogen) atoms. The first kappa shape index (κ1) is 43.1. The highest BCUT2D eigenvalue weighted by Gasteiger charge is 2.32. The number of carboxylic acids is 2. The van der Waals surface area contributed by atoms with Gasteiger partial charge in [0.1, 0.15) is 24.2 Å². The Hall–Kier alpha value is -7.00. The monoisotopic (exact) mass is 806 g/mol. The van der Waals surface area contributed by atoms with Crippen LogP contribution in [0.15, 0.2) is 108 Å². The lowest BCUT2D eigenvalue weighted by molar-refractivity contribution is -0.200. The number of aryl methyl sites for hydroxylation is 1. The van der Waals surface area contributed by atoms with E-state index in [0.29, 0.717) is 31.2 Å². The van der Waals surface area contributed by atoms with Gasteiger partial charge in [-0.1, -0.05) is 85.8 Å². The van der Waals surface area contributed by atoms with Crippen molar-refractivity contribution in [2.24, 2.45) is 5.92 Å². The Morgan fingerprint density at radius 1 is 0.814 bits per heavy atom. The summed E-state index contributed by atoms with van der Waals surface area (Å²) >= 11 is 0. The molecule has 5 N–H and O–H groups in total. The van der Waals surface area contributed by atoms with E-state index in [2.05, 4.69) is 22.0 Å². The number of carbonyl (C=O) groups is 6. The molecule has 0 aliphatic heterocycles. The molecule has 5 rings (SSSR count). The summed E-state index contributed by atoms with van der Waals surface area (Å²) in [5.41, 5.74) is 2.27. The number of benzene rings is 4. The zero-order chi connectivity index (χ0) is 42.3. The third kappa shape index (κ3) is 11.8. The first-order valence-corrected chi connectivity index (χ1v) is 19.1. The van der Waals surface area contributed by atoms with Crippen molar-refractivity contribution < 1.29 is 53.0 Å². The lowest BCUT2D eigenvalue weighted by atomic mass is 9.89. The van der Waals surface area contributed by atoms with Crippen LogP contribution in [0.4, 0.5) is 0 Å². The summed E-state index contributed by atoms with van der Waals surface area (Å²) in [5, 5.41) is 29.4. The number of amides is 4. The summed E-state index contributed by atoms with van der Waals surface area (Å²) < 4.78 is 11.4. The molecule has 0 aliphatic carbocycles. The molecule has 1 heterocycles. The minimum absolute atomic E-state index is 0.0348. The first-order valence-electron chi connectivity index (χ1n) is 19.1. The van der Waals surface area contributed by atoms with Gasteiger partial charge in [-0.3, -0.25) is 28.8 Å². The molecule has 4 aromatic carbocycles. The van der Waals surface area contributed by atoms with Crippen molar-refractivity contribution in [3.05, 3.63) is 126 Å². The fourth-order valence-corrected chi connectivity index (χ4v) is 6.58. The van der Waals surface area contributed by atoms with E-state index < -0.39 is 54.1 Å². The third-order valence-corrected chi connectivity index (χ3v) is 9.57. The van der Waals surface area contributed by atoms with Crippen LogP contribution < -0.4 is 20.7 Å². The summed E-state index contributed by atoms with van der Waals surface area (Å²) in [6.45, 7) is 3.58. The first-order chi connectivity index (χ1) is 28.5. The van der Waals surface area contributed by atoms with E-state index in [9.17, 15) is 33.9 Å². The molecule has 1 aromatic heterocycles. The molecule has 0 aliphatic rings. The van der Waals surface area contributed by atoms with Gasteiger partial charge >= 0.3 is 11.9 Å². The van der Waals surface area contributed by atoms with E-state index in [-0.39, 0.29) is 42.7 Å². The van der Waals surface area contributed by atoms with Crippen molar-refractivity contribution in [3.63, 3.8) is 0 Å². The van der Waals surface area contributed by atoms with Gasteiger partial charge in [0.2, 0.25) is 12.3 Å². The largest absolute Gasteiger partial charge is 0.493 e. The summed E-state index contributed by atoms with van der Waals surface area (Å²) in [6, 6.07) is 28.5. The fourth-order valence-electron chi connectivity index (χ4n) is 6.58. The van der Waals surface area contributed by atoms with Crippen LogP contribution in [0.3, 0.4) is 0 Å². The summed E-state index contributed by atoms with van der Waals surface area (Å²) in [6.07, 6.45) is 1.09. The quantitative estimate of drug-likeness (QED) is 0.0331. The molecule has 1 unspecified atom stereocenters. The van der Waals surface area contributed by atoms with Gasteiger partial charge in [0.05, 0.1) is 37.2 Å². The van der Waals surface area contributed by atoms with E-state index in [1.165, 1.54) is 35.4 Å². The number of ether oxygens (including phenoxy) is 1.